The number of aromatic amines is 1. The number of hydrogen-bond donors (Lipinski definition) is 2. The number of nitrogens with one attached hydrogen (secondary N) is 1. The second-order valence-corrected chi connectivity index (χ2v) is 13.5. The Morgan fingerprint density at radius 2 is 1.90 bits per heavy atom. The summed E-state index contributed by atoms with van der Waals surface area (Å²) in [6, 6.07) is 8.16. The number of aromatic nitrogens is 1. The summed E-state index contributed by atoms with van der Waals surface area (Å²) in [5.41, 5.74) is -0.281. The van der Waals surface area contributed by atoms with Crippen LogP contribution in [0.25, 0.3) is 10.9 Å². The number of rotatable bonds is 4. The highest BCUT2D eigenvalue weighted by atomic mass is 19.4. The second-order valence-electron chi connectivity index (χ2n) is 13.5. The monoisotopic (exact) mass is 559 g/mol. The second kappa shape index (κ2) is 8.00. The highest BCUT2D eigenvalue weighted by Crippen LogP contribution is 2.72. The van der Waals surface area contributed by atoms with Crippen LogP contribution >= 0.6 is 0 Å². The molecule has 2 saturated carbocycles. The molecule has 1 saturated heterocycles. The molecular weight excluding hydrogens is 523 g/mol. The quantitative estimate of drug-likeness (QED) is 0.473. The lowest BCUT2D eigenvalue weighted by Crippen LogP contribution is -2.74. The number of alkyl halides is 3. The average Bonchev–Trinajstić information content (AvgIpc) is 3.46. The van der Waals surface area contributed by atoms with Crippen molar-refractivity contribution in [1.82, 2.24) is 4.98 Å². The van der Waals surface area contributed by atoms with Crippen LogP contribution in [0.2, 0.25) is 0 Å². The predicted octanol–water partition coefficient (Wildman–Crippen LogP) is 5.66. The molecule has 2 N–H and O–H groups in total. The van der Waals surface area contributed by atoms with Gasteiger partial charge in [0.1, 0.15) is 11.2 Å². The number of carbonyl (C=O) groups is 1. The average molecular weight is 560 g/mol. The fourth-order valence-electron chi connectivity index (χ4n) is 9.08. The van der Waals surface area contributed by atoms with Crippen LogP contribution in [0.15, 0.2) is 35.9 Å². The summed E-state index contributed by atoms with van der Waals surface area (Å²) in [4.78, 5) is 17.1. The number of hydrogen-bond acceptors (Lipinski definition) is 5. The summed E-state index contributed by atoms with van der Waals surface area (Å²) in [5.74, 6) is -1.47. The fraction of sp³-hybridized carbons (Fsp3) is 0.645. The van der Waals surface area contributed by atoms with Crippen molar-refractivity contribution in [2.24, 2.45) is 11.3 Å². The van der Waals surface area contributed by atoms with Crippen LogP contribution in [-0.4, -0.2) is 57.9 Å². The molecule has 7 rings (SSSR count). The number of benzene rings is 1. The number of carbonyl (C=O) groups excluding carboxylic acids is 1. The highest BCUT2D eigenvalue weighted by Gasteiger charge is 2.78. The highest BCUT2D eigenvalue weighted by molar-refractivity contribution is 5.97. The van der Waals surface area contributed by atoms with E-state index in [1.807, 2.05) is 26.0 Å². The van der Waals surface area contributed by atoms with Crippen molar-refractivity contribution in [3.63, 3.8) is 0 Å². The lowest BCUT2D eigenvalue weighted by atomic mass is 9.41. The molecule has 5 aliphatic rings. The topological polar surface area (TPSA) is 80.8 Å². The minimum atomic E-state index is -4.28. The maximum Gasteiger partial charge on any atom is 0.389 e. The lowest BCUT2D eigenvalue weighted by Gasteiger charge is -2.67. The van der Waals surface area contributed by atoms with Crippen molar-refractivity contribution >= 4 is 16.7 Å². The van der Waals surface area contributed by atoms with E-state index in [0.29, 0.717) is 24.8 Å². The van der Waals surface area contributed by atoms with Gasteiger partial charge in [0.15, 0.2) is 17.7 Å². The molecule has 3 heterocycles. The Hall–Kier alpha value is -2.20. The molecule has 2 bridgehead atoms. The van der Waals surface area contributed by atoms with Crippen LogP contribution in [0.3, 0.4) is 0 Å². The molecule has 0 amide bonds. The molecule has 3 aliphatic carbocycles. The molecule has 1 aromatic carbocycles. The van der Waals surface area contributed by atoms with Crippen molar-refractivity contribution in [3.8, 4) is 0 Å². The van der Waals surface area contributed by atoms with Crippen molar-refractivity contribution in [2.45, 2.75) is 107 Å². The Morgan fingerprint density at radius 3 is 2.65 bits per heavy atom. The van der Waals surface area contributed by atoms with Gasteiger partial charge in [-0.25, -0.2) is 0 Å². The maximum atomic E-state index is 13.4. The third-order valence-corrected chi connectivity index (χ3v) is 11.2. The molecule has 3 unspecified atom stereocenters. The molecule has 40 heavy (non-hydrogen) atoms. The van der Waals surface area contributed by atoms with Crippen LogP contribution < -0.4 is 0 Å². The van der Waals surface area contributed by atoms with Gasteiger partial charge in [-0.3, -0.25) is 4.79 Å². The van der Waals surface area contributed by atoms with Crippen molar-refractivity contribution in [2.75, 3.05) is 6.61 Å². The van der Waals surface area contributed by atoms with Gasteiger partial charge in [-0.2, -0.15) is 13.2 Å². The van der Waals surface area contributed by atoms with Gasteiger partial charge in [-0.15, -0.1) is 0 Å². The first-order chi connectivity index (χ1) is 18.7. The zero-order chi connectivity index (χ0) is 28.5. The smallest absolute Gasteiger partial charge is 0.382 e. The molecule has 6 nitrogen and oxygen atoms in total. The van der Waals surface area contributed by atoms with Crippen LogP contribution in [0.1, 0.15) is 71.1 Å². The van der Waals surface area contributed by atoms with E-state index in [0.717, 1.165) is 23.0 Å². The van der Waals surface area contributed by atoms with E-state index in [1.165, 1.54) is 11.6 Å². The van der Waals surface area contributed by atoms with Gasteiger partial charge in [0.2, 0.25) is 0 Å². The summed E-state index contributed by atoms with van der Waals surface area (Å²) in [6.45, 7) is 7.72. The Labute approximate surface area is 231 Å². The van der Waals surface area contributed by atoms with Gasteiger partial charge in [0.05, 0.1) is 6.10 Å². The first kappa shape index (κ1) is 26.7. The van der Waals surface area contributed by atoms with E-state index < -0.39 is 52.6 Å². The normalized spacial score (nSPS) is 41.4. The molecule has 0 radical (unpaired) electrons. The summed E-state index contributed by atoms with van der Waals surface area (Å²) in [7, 11) is 0. The van der Waals surface area contributed by atoms with Crippen LogP contribution in [0, 0.1) is 11.3 Å². The number of ketones is 1. The molecule has 3 fully saturated rings. The van der Waals surface area contributed by atoms with Gasteiger partial charge in [-0.05, 0) is 63.2 Å². The van der Waals surface area contributed by atoms with Crippen LogP contribution in [0.5, 0.6) is 0 Å². The van der Waals surface area contributed by atoms with Crippen molar-refractivity contribution in [1.29, 1.82) is 0 Å². The van der Waals surface area contributed by atoms with Crippen molar-refractivity contribution < 1.29 is 37.3 Å². The van der Waals surface area contributed by atoms with Crippen LogP contribution in [0.4, 0.5) is 13.2 Å². The molecule has 7 atom stereocenters. The number of ether oxygens (including phenoxy) is 3. The largest absolute Gasteiger partial charge is 0.389 e. The van der Waals surface area contributed by atoms with E-state index in [9.17, 15) is 23.1 Å². The first-order valence-electron chi connectivity index (χ1n) is 14.3. The summed E-state index contributed by atoms with van der Waals surface area (Å²) in [5, 5.41) is 14.3. The number of halogens is 3. The third-order valence-electron chi connectivity index (χ3n) is 11.2. The minimum absolute atomic E-state index is 0.0831. The standard InChI is InChI=1S/C31H36F3NO5/c1-26(2)25-21(36)16-22-29(39-25,40-26)12-11-27(3)28(4)17(14-19-18-8-5-6-9-20(18)35-24(19)28)15-23(31(22,27)37)38-13-7-10-30(32,33)34/h5-6,8-9,16-17,23,25,35,37H,7,10-15H2,1-4H3/t17?,23-,25-,27?,28+,29?,31-/m0/s1. The van der Waals surface area contributed by atoms with E-state index in [1.54, 1.807) is 0 Å². The third kappa shape index (κ3) is 3.18. The van der Waals surface area contributed by atoms with E-state index in [-0.39, 0.29) is 24.7 Å². The summed E-state index contributed by atoms with van der Waals surface area (Å²) >= 11 is 0. The molecule has 9 heteroatoms. The molecule has 1 aromatic heterocycles. The summed E-state index contributed by atoms with van der Waals surface area (Å²) in [6.07, 6.45) is -3.40. The molecule has 2 aliphatic heterocycles. The zero-order valence-corrected chi connectivity index (χ0v) is 23.3. The molecule has 1 spiro atoms. The minimum Gasteiger partial charge on any atom is -0.382 e. The van der Waals surface area contributed by atoms with Crippen LogP contribution in [-0.2, 0) is 30.8 Å². The van der Waals surface area contributed by atoms with Crippen molar-refractivity contribution in [3.05, 3.63) is 47.2 Å². The Kier molecular flexibility index (Phi) is 5.33. The number of aliphatic hydroxyl groups is 1. The number of para-hydroxylation sites is 1. The van der Waals surface area contributed by atoms with E-state index in [4.69, 9.17) is 14.2 Å². The van der Waals surface area contributed by atoms with Gasteiger partial charge in [0, 0.05) is 52.4 Å². The van der Waals surface area contributed by atoms with E-state index >= 15 is 0 Å². The SMILES string of the molecule is CC1(C)OC23CCC4(C)[C@@]5(C)c6[nH]c7ccccc7c6CC5C[C@H](OCCCC(F)(F)F)[C@@]4(O)C2=CC(=O)[C@@H]1O3. The summed E-state index contributed by atoms with van der Waals surface area (Å²) < 4.78 is 57.9. The molecule has 2 aromatic rings. The first-order valence-corrected chi connectivity index (χ1v) is 14.3. The van der Waals surface area contributed by atoms with Gasteiger partial charge >= 0.3 is 6.18 Å². The van der Waals surface area contributed by atoms with E-state index in [2.05, 4.69) is 31.0 Å². The van der Waals surface area contributed by atoms with Gasteiger partial charge in [0.25, 0.3) is 0 Å². The lowest BCUT2D eigenvalue weighted by molar-refractivity contribution is -0.281. The molecule has 216 valence electrons. The Morgan fingerprint density at radius 1 is 1.15 bits per heavy atom. The maximum absolute atomic E-state index is 13.4. The number of H-pyrrole nitrogens is 1. The Bertz CT molecular complexity index is 1450. The Balaban J connectivity index is 1.37. The van der Waals surface area contributed by atoms with Gasteiger partial charge < -0.3 is 24.3 Å². The predicted molar refractivity (Wildman–Crippen MR) is 141 cm³/mol. The number of fused-ring (bicyclic) bond motifs is 9. The molecular formula is C31H36F3NO5. The zero-order valence-electron chi connectivity index (χ0n) is 23.3. The van der Waals surface area contributed by atoms with Gasteiger partial charge in [-0.1, -0.05) is 32.0 Å². The fourth-order valence-corrected chi connectivity index (χ4v) is 9.08.